The zero-order valence-electron chi connectivity index (χ0n) is 18.5. The molecule has 31 heavy (non-hydrogen) atoms. The van der Waals surface area contributed by atoms with Gasteiger partial charge in [-0.25, -0.2) is 0 Å². The molecule has 1 atom stereocenters. The predicted molar refractivity (Wildman–Crippen MR) is 126 cm³/mol. The summed E-state index contributed by atoms with van der Waals surface area (Å²) >= 11 is 1.49. The first kappa shape index (κ1) is 21.6. The highest BCUT2D eigenvalue weighted by Crippen LogP contribution is 2.36. The number of benzene rings is 2. The van der Waals surface area contributed by atoms with Crippen LogP contribution in [0.3, 0.4) is 0 Å². The fourth-order valence-electron chi connectivity index (χ4n) is 3.99. The van der Waals surface area contributed by atoms with Crippen molar-refractivity contribution in [2.45, 2.75) is 57.9 Å². The molecule has 0 N–H and O–H groups in total. The fraction of sp³-hybridized carbons (Fsp3) is 0.400. The van der Waals surface area contributed by atoms with Crippen LogP contribution in [0.1, 0.15) is 37.8 Å². The molecule has 1 fully saturated rings. The zero-order valence-corrected chi connectivity index (χ0v) is 19.3. The first-order valence-electron chi connectivity index (χ1n) is 11.0. The Kier molecular flexibility index (Phi) is 6.76. The summed E-state index contributed by atoms with van der Waals surface area (Å²) in [6, 6.07) is 18.7. The van der Waals surface area contributed by atoms with E-state index in [1.54, 1.807) is 0 Å². The van der Waals surface area contributed by atoms with Gasteiger partial charge in [-0.2, -0.15) is 0 Å². The Morgan fingerprint density at radius 3 is 2.52 bits per heavy atom. The van der Waals surface area contributed by atoms with Crippen LogP contribution >= 0.6 is 11.8 Å². The molecule has 0 saturated heterocycles. The lowest BCUT2D eigenvalue weighted by atomic mass is 10.1. The van der Waals surface area contributed by atoms with E-state index in [-0.39, 0.29) is 11.9 Å². The lowest BCUT2D eigenvalue weighted by Crippen LogP contribution is -2.40. The molecule has 1 heterocycles. The lowest BCUT2D eigenvalue weighted by molar-refractivity contribution is -0.131. The number of hydrogen-bond acceptors (Lipinski definition) is 4. The third-order valence-electron chi connectivity index (χ3n) is 6.06. The quantitative estimate of drug-likeness (QED) is 0.435. The van der Waals surface area contributed by atoms with E-state index < -0.39 is 0 Å². The van der Waals surface area contributed by atoms with Gasteiger partial charge in [-0.05, 0) is 50.7 Å². The van der Waals surface area contributed by atoms with Crippen molar-refractivity contribution in [1.29, 1.82) is 0 Å². The SMILES string of the molecule is CCn1c(SCC(=O)N(Cc2ccccc2)C(C)C2CC2)nnc1-c1ccccc1C. The first-order chi connectivity index (χ1) is 15.1. The summed E-state index contributed by atoms with van der Waals surface area (Å²) in [5.74, 6) is 2.03. The molecule has 162 valence electrons. The highest BCUT2D eigenvalue weighted by Gasteiger charge is 2.34. The number of carbonyl (C=O) groups excluding carboxylic acids is 1. The van der Waals surface area contributed by atoms with E-state index in [0.29, 0.717) is 18.2 Å². The van der Waals surface area contributed by atoms with Crippen LogP contribution in [0.25, 0.3) is 11.4 Å². The van der Waals surface area contributed by atoms with Crippen molar-refractivity contribution in [3.05, 3.63) is 65.7 Å². The molecule has 1 aromatic heterocycles. The second kappa shape index (κ2) is 9.69. The maximum atomic E-state index is 13.3. The molecule has 3 aromatic rings. The molecule has 1 saturated carbocycles. The maximum Gasteiger partial charge on any atom is 0.233 e. The average Bonchev–Trinajstić information content (AvgIpc) is 3.56. The number of nitrogens with zero attached hydrogens (tertiary/aromatic N) is 4. The van der Waals surface area contributed by atoms with Crippen LogP contribution < -0.4 is 0 Å². The minimum Gasteiger partial charge on any atom is -0.335 e. The van der Waals surface area contributed by atoms with Gasteiger partial charge in [0.1, 0.15) is 0 Å². The molecular formula is C25H30N4OS. The minimum atomic E-state index is 0.163. The minimum absolute atomic E-state index is 0.163. The number of carbonyl (C=O) groups is 1. The van der Waals surface area contributed by atoms with Crippen LogP contribution in [0, 0.1) is 12.8 Å². The maximum absolute atomic E-state index is 13.3. The third-order valence-corrected chi connectivity index (χ3v) is 7.01. The standard InChI is InChI=1S/C25H30N4OS/c1-4-28-24(22-13-9-8-10-18(22)2)26-27-25(28)31-17-23(30)29(19(3)21-14-15-21)16-20-11-6-5-7-12-20/h5-13,19,21H,4,14-17H2,1-3H3. The Morgan fingerprint density at radius 1 is 1.13 bits per heavy atom. The van der Waals surface area contributed by atoms with Crippen LogP contribution in [-0.4, -0.2) is 37.4 Å². The van der Waals surface area contributed by atoms with Gasteiger partial charge in [-0.15, -0.1) is 10.2 Å². The fourth-order valence-corrected chi connectivity index (χ4v) is 4.87. The molecule has 2 aromatic carbocycles. The van der Waals surface area contributed by atoms with Gasteiger partial charge in [0.2, 0.25) is 5.91 Å². The summed E-state index contributed by atoms with van der Waals surface area (Å²) in [7, 11) is 0. The molecule has 4 rings (SSSR count). The molecule has 0 radical (unpaired) electrons. The van der Waals surface area contributed by atoms with Crippen molar-refractivity contribution in [1.82, 2.24) is 19.7 Å². The second-order valence-corrected chi connectivity index (χ2v) is 9.18. The first-order valence-corrected chi connectivity index (χ1v) is 12.0. The summed E-state index contributed by atoms with van der Waals surface area (Å²) < 4.78 is 2.10. The predicted octanol–water partition coefficient (Wildman–Crippen LogP) is 5.19. The summed E-state index contributed by atoms with van der Waals surface area (Å²) in [5, 5.41) is 9.67. The van der Waals surface area contributed by atoms with Crippen molar-refractivity contribution >= 4 is 17.7 Å². The number of amides is 1. The monoisotopic (exact) mass is 434 g/mol. The molecule has 0 bridgehead atoms. The van der Waals surface area contributed by atoms with E-state index in [4.69, 9.17) is 0 Å². The van der Waals surface area contributed by atoms with Gasteiger partial charge in [-0.3, -0.25) is 4.79 Å². The largest absolute Gasteiger partial charge is 0.335 e. The van der Waals surface area contributed by atoms with Gasteiger partial charge in [-0.1, -0.05) is 66.4 Å². The van der Waals surface area contributed by atoms with Gasteiger partial charge in [0.15, 0.2) is 11.0 Å². The Bertz CT molecular complexity index is 1030. The highest BCUT2D eigenvalue weighted by molar-refractivity contribution is 7.99. The summed E-state index contributed by atoms with van der Waals surface area (Å²) in [5.41, 5.74) is 3.43. The van der Waals surface area contributed by atoms with E-state index >= 15 is 0 Å². The van der Waals surface area contributed by atoms with Crippen molar-refractivity contribution in [2.24, 2.45) is 5.92 Å². The smallest absolute Gasteiger partial charge is 0.233 e. The molecule has 0 spiro atoms. The molecule has 1 aliphatic rings. The van der Waals surface area contributed by atoms with E-state index in [2.05, 4.69) is 64.7 Å². The topological polar surface area (TPSA) is 51.0 Å². The molecule has 1 unspecified atom stereocenters. The molecule has 5 nitrogen and oxygen atoms in total. The second-order valence-electron chi connectivity index (χ2n) is 8.24. The number of aromatic nitrogens is 3. The van der Waals surface area contributed by atoms with E-state index in [0.717, 1.165) is 23.1 Å². The van der Waals surface area contributed by atoms with Gasteiger partial charge in [0.05, 0.1) is 5.75 Å². The normalized spacial score (nSPS) is 14.4. The third kappa shape index (κ3) is 5.01. The highest BCUT2D eigenvalue weighted by atomic mass is 32.2. The Labute approximate surface area is 188 Å². The van der Waals surface area contributed by atoms with Crippen molar-refractivity contribution < 1.29 is 4.79 Å². The number of aryl methyl sites for hydroxylation is 1. The summed E-state index contributed by atoms with van der Waals surface area (Å²) in [4.78, 5) is 15.3. The van der Waals surface area contributed by atoms with Crippen LogP contribution in [0.4, 0.5) is 0 Å². The molecular weight excluding hydrogens is 404 g/mol. The molecule has 6 heteroatoms. The van der Waals surface area contributed by atoms with Gasteiger partial charge in [0.25, 0.3) is 0 Å². The molecule has 1 aliphatic carbocycles. The van der Waals surface area contributed by atoms with E-state index in [9.17, 15) is 4.79 Å². The van der Waals surface area contributed by atoms with E-state index in [1.165, 1.54) is 35.7 Å². The van der Waals surface area contributed by atoms with Crippen LogP contribution in [0.2, 0.25) is 0 Å². The van der Waals surface area contributed by atoms with Crippen LogP contribution in [-0.2, 0) is 17.9 Å². The van der Waals surface area contributed by atoms with E-state index in [1.807, 2.05) is 30.3 Å². The molecule has 0 aliphatic heterocycles. The van der Waals surface area contributed by atoms with Crippen molar-refractivity contribution in [3.63, 3.8) is 0 Å². The Hall–Kier alpha value is -2.60. The van der Waals surface area contributed by atoms with Gasteiger partial charge in [0, 0.05) is 24.7 Å². The van der Waals surface area contributed by atoms with Gasteiger partial charge >= 0.3 is 0 Å². The zero-order chi connectivity index (χ0) is 21.8. The van der Waals surface area contributed by atoms with Crippen molar-refractivity contribution in [2.75, 3.05) is 5.75 Å². The molecule has 1 amide bonds. The summed E-state index contributed by atoms with van der Waals surface area (Å²) in [6.07, 6.45) is 2.44. The summed E-state index contributed by atoms with van der Waals surface area (Å²) in [6.45, 7) is 7.79. The number of thioether (sulfide) groups is 1. The Balaban J connectivity index is 1.49. The van der Waals surface area contributed by atoms with Crippen LogP contribution in [0.15, 0.2) is 59.8 Å². The number of hydrogen-bond donors (Lipinski definition) is 0. The van der Waals surface area contributed by atoms with Crippen LogP contribution in [0.5, 0.6) is 0 Å². The Morgan fingerprint density at radius 2 is 1.84 bits per heavy atom. The number of rotatable bonds is 9. The van der Waals surface area contributed by atoms with Gasteiger partial charge < -0.3 is 9.47 Å². The average molecular weight is 435 g/mol. The van der Waals surface area contributed by atoms with Crippen molar-refractivity contribution in [3.8, 4) is 11.4 Å². The lowest BCUT2D eigenvalue weighted by Gasteiger charge is -2.29.